The lowest BCUT2D eigenvalue weighted by molar-refractivity contribution is -0.134. The first kappa shape index (κ1) is 21.5. The Labute approximate surface area is 187 Å². The van der Waals surface area contributed by atoms with E-state index in [9.17, 15) is 9.59 Å². The summed E-state index contributed by atoms with van der Waals surface area (Å²) in [5.41, 5.74) is 2.65. The van der Waals surface area contributed by atoms with E-state index in [-0.39, 0.29) is 12.5 Å². The lowest BCUT2D eigenvalue weighted by Gasteiger charge is -2.34. The molecule has 3 aromatic rings. The van der Waals surface area contributed by atoms with Gasteiger partial charge in [0.15, 0.2) is 6.61 Å². The lowest BCUT2D eigenvalue weighted by atomic mass is 10.00. The largest absolute Gasteiger partial charge is 0.452 e. The number of anilines is 1. The third kappa shape index (κ3) is 5.49. The van der Waals surface area contributed by atoms with Crippen LogP contribution in [0.2, 0.25) is 0 Å². The van der Waals surface area contributed by atoms with Crippen molar-refractivity contribution in [2.24, 2.45) is 0 Å². The fourth-order valence-corrected chi connectivity index (χ4v) is 3.77. The van der Waals surface area contributed by atoms with Crippen LogP contribution in [0.4, 0.5) is 5.95 Å². The van der Waals surface area contributed by atoms with E-state index in [0.717, 1.165) is 18.4 Å². The Morgan fingerprint density at radius 1 is 0.812 bits per heavy atom. The Morgan fingerprint density at radius 2 is 1.50 bits per heavy atom. The first-order valence-electron chi connectivity index (χ1n) is 10.8. The monoisotopic (exact) mass is 430 g/mol. The standard InChI is InChI=1S/C25H26N4O3/c30-23(28-15-17-29(18-16-28)25-26-13-6-14-27-25)19-32-24(31)22-10-5-4-9-21(22)12-11-20-7-2-1-3-8-20/h1-10,13-14H,11-12,15-19H2. The Morgan fingerprint density at radius 3 is 2.25 bits per heavy atom. The number of rotatable bonds is 7. The van der Waals surface area contributed by atoms with Crippen LogP contribution in [0.1, 0.15) is 21.5 Å². The molecule has 164 valence electrons. The fraction of sp³-hybridized carbons (Fsp3) is 0.280. The van der Waals surface area contributed by atoms with Crippen molar-refractivity contribution in [1.29, 1.82) is 0 Å². The van der Waals surface area contributed by atoms with Crippen LogP contribution in [0.15, 0.2) is 73.1 Å². The van der Waals surface area contributed by atoms with Crippen molar-refractivity contribution in [3.05, 3.63) is 89.7 Å². The second-order valence-electron chi connectivity index (χ2n) is 7.64. The highest BCUT2D eigenvalue weighted by Gasteiger charge is 2.23. The molecule has 1 fully saturated rings. The molecule has 0 unspecified atom stereocenters. The number of aromatic nitrogens is 2. The number of carbonyl (C=O) groups excluding carboxylic acids is 2. The molecule has 1 aliphatic rings. The number of hydrogen-bond acceptors (Lipinski definition) is 6. The molecule has 0 spiro atoms. The molecule has 0 aliphatic carbocycles. The number of aryl methyl sites for hydroxylation is 2. The zero-order valence-electron chi connectivity index (χ0n) is 17.9. The van der Waals surface area contributed by atoms with Crippen LogP contribution >= 0.6 is 0 Å². The van der Waals surface area contributed by atoms with Crippen molar-refractivity contribution in [1.82, 2.24) is 14.9 Å². The molecule has 32 heavy (non-hydrogen) atoms. The van der Waals surface area contributed by atoms with Gasteiger partial charge in [-0.3, -0.25) is 4.79 Å². The second kappa shape index (κ2) is 10.5. The summed E-state index contributed by atoms with van der Waals surface area (Å²) < 4.78 is 5.38. The van der Waals surface area contributed by atoms with Crippen LogP contribution in [0.25, 0.3) is 0 Å². The van der Waals surface area contributed by atoms with Crippen LogP contribution in [0, 0.1) is 0 Å². The average molecular weight is 431 g/mol. The Hall–Kier alpha value is -3.74. The summed E-state index contributed by atoms with van der Waals surface area (Å²) >= 11 is 0. The van der Waals surface area contributed by atoms with Crippen molar-refractivity contribution in [2.45, 2.75) is 12.8 Å². The number of amides is 1. The Bertz CT molecular complexity index is 1040. The van der Waals surface area contributed by atoms with E-state index in [0.29, 0.717) is 37.7 Å². The number of piperazine rings is 1. The van der Waals surface area contributed by atoms with Crippen molar-refractivity contribution >= 4 is 17.8 Å². The minimum atomic E-state index is -0.460. The van der Waals surface area contributed by atoms with Gasteiger partial charge in [-0.05, 0) is 36.1 Å². The molecular weight excluding hydrogens is 404 g/mol. The SMILES string of the molecule is O=C(OCC(=O)N1CCN(c2ncccn2)CC1)c1ccccc1CCc1ccccc1. The normalized spacial score (nSPS) is 13.6. The van der Waals surface area contributed by atoms with Gasteiger partial charge in [-0.15, -0.1) is 0 Å². The van der Waals surface area contributed by atoms with E-state index in [1.807, 2.05) is 41.3 Å². The molecule has 0 atom stereocenters. The van der Waals surface area contributed by atoms with Crippen LogP contribution in [0.3, 0.4) is 0 Å². The van der Waals surface area contributed by atoms with Crippen molar-refractivity contribution < 1.29 is 14.3 Å². The molecule has 1 amide bonds. The number of esters is 1. The third-order valence-corrected chi connectivity index (χ3v) is 5.56. The average Bonchev–Trinajstić information content (AvgIpc) is 2.87. The molecular formula is C25H26N4O3. The summed E-state index contributed by atoms with van der Waals surface area (Å²) in [6.07, 6.45) is 4.97. The van der Waals surface area contributed by atoms with Gasteiger partial charge in [-0.1, -0.05) is 48.5 Å². The van der Waals surface area contributed by atoms with E-state index in [1.54, 1.807) is 29.4 Å². The maximum atomic E-state index is 12.7. The van der Waals surface area contributed by atoms with E-state index in [1.165, 1.54) is 5.56 Å². The van der Waals surface area contributed by atoms with Gasteiger partial charge in [0.1, 0.15) is 0 Å². The predicted octanol–water partition coefficient (Wildman–Crippen LogP) is 2.77. The third-order valence-electron chi connectivity index (χ3n) is 5.56. The highest BCUT2D eigenvalue weighted by Crippen LogP contribution is 2.15. The molecule has 1 saturated heterocycles. The summed E-state index contributed by atoms with van der Waals surface area (Å²) in [7, 11) is 0. The number of hydrogen-bond donors (Lipinski definition) is 0. The summed E-state index contributed by atoms with van der Waals surface area (Å²) in [4.78, 5) is 37.5. The summed E-state index contributed by atoms with van der Waals surface area (Å²) in [5.74, 6) is 0.0187. The maximum Gasteiger partial charge on any atom is 0.338 e. The molecule has 2 heterocycles. The van der Waals surface area contributed by atoms with E-state index in [4.69, 9.17) is 4.74 Å². The van der Waals surface area contributed by atoms with Gasteiger partial charge in [0, 0.05) is 38.6 Å². The molecule has 7 heteroatoms. The smallest absolute Gasteiger partial charge is 0.338 e. The Balaban J connectivity index is 1.28. The number of nitrogens with zero attached hydrogens (tertiary/aromatic N) is 4. The molecule has 2 aromatic carbocycles. The van der Waals surface area contributed by atoms with Crippen LogP contribution in [0.5, 0.6) is 0 Å². The zero-order chi connectivity index (χ0) is 22.2. The zero-order valence-corrected chi connectivity index (χ0v) is 17.9. The van der Waals surface area contributed by atoms with Gasteiger partial charge < -0.3 is 14.5 Å². The first-order chi connectivity index (χ1) is 15.7. The van der Waals surface area contributed by atoms with Gasteiger partial charge in [0.25, 0.3) is 5.91 Å². The summed E-state index contributed by atoms with van der Waals surface area (Å²) in [6.45, 7) is 2.12. The van der Waals surface area contributed by atoms with Crippen LogP contribution < -0.4 is 4.90 Å². The number of benzene rings is 2. The number of carbonyl (C=O) groups is 2. The van der Waals surface area contributed by atoms with E-state index in [2.05, 4.69) is 22.1 Å². The van der Waals surface area contributed by atoms with Gasteiger partial charge in [-0.25, -0.2) is 14.8 Å². The van der Waals surface area contributed by atoms with Gasteiger partial charge in [-0.2, -0.15) is 0 Å². The molecule has 7 nitrogen and oxygen atoms in total. The predicted molar refractivity (Wildman–Crippen MR) is 121 cm³/mol. The number of ether oxygens (including phenoxy) is 1. The lowest BCUT2D eigenvalue weighted by Crippen LogP contribution is -2.50. The van der Waals surface area contributed by atoms with Crippen molar-refractivity contribution in [3.63, 3.8) is 0 Å². The molecule has 1 aliphatic heterocycles. The fourth-order valence-electron chi connectivity index (χ4n) is 3.77. The Kier molecular flexibility index (Phi) is 7.07. The van der Waals surface area contributed by atoms with Crippen molar-refractivity contribution in [2.75, 3.05) is 37.7 Å². The summed E-state index contributed by atoms with van der Waals surface area (Å²) in [5, 5.41) is 0. The van der Waals surface area contributed by atoms with Crippen LogP contribution in [-0.4, -0.2) is 59.5 Å². The first-order valence-corrected chi connectivity index (χ1v) is 10.8. The van der Waals surface area contributed by atoms with Crippen molar-refractivity contribution in [3.8, 4) is 0 Å². The topological polar surface area (TPSA) is 75.6 Å². The van der Waals surface area contributed by atoms with E-state index >= 15 is 0 Å². The minimum absolute atomic E-state index is 0.186. The van der Waals surface area contributed by atoms with E-state index < -0.39 is 5.97 Å². The quantitative estimate of drug-likeness (QED) is 0.537. The highest BCUT2D eigenvalue weighted by atomic mass is 16.5. The molecule has 4 rings (SSSR count). The molecule has 0 N–H and O–H groups in total. The highest BCUT2D eigenvalue weighted by molar-refractivity contribution is 5.92. The maximum absolute atomic E-state index is 12.7. The minimum Gasteiger partial charge on any atom is -0.452 e. The second-order valence-corrected chi connectivity index (χ2v) is 7.64. The van der Waals surface area contributed by atoms with Crippen LogP contribution in [-0.2, 0) is 22.4 Å². The molecule has 0 saturated carbocycles. The summed E-state index contributed by atoms with van der Waals surface area (Å²) in [6, 6.07) is 19.3. The molecule has 0 radical (unpaired) electrons. The molecule has 1 aromatic heterocycles. The van der Waals surface area contributed by atoms with Gasteiger partial charge in [0.05, 0.1) is 5.56 Å². The molecule has 0 bridgehead atoms. The van der Waals surface area contributed by atoms with Gasteiger partial charge in [0.2, 0.25) is 5.95 Å². The van der Waals surface area contributed by atoms with Gasteiger partial charge >= 0.3 is 5.97 Å².